The molecule has 1 aromatic rings. The lowest BCUT2D eigenvalue weighted by Gasteiger charge is -2.13. The predicted molar refractivity (Wildman–Crippen MR) is 58.2 cm³/mol. The fourth-order valence-corrected chi connectivity index (χ4v) is 1.54. The van der Waals surface area contributed by atoms with Crippen LogP contribution in [0.25, 0.3) is 0 Å². The fraction of sp³-hybridized carbons (Fsp3) is 0.417. The Balaban J connectivity index is 3.16. The summed E-state index contributed by atoms with van der Waals surface area (Å²) >= 11 is 0. The minimum Gasteiger partial charge on any atom is -0.318 e. The van der Waals surface area contributed by atoms with E-state index in [1.807, 2.05) is 19.1 Å². The average Bonchev–Trinajstić information content (AvgIpc) is 2.16. The molecule has 0 aliphatic rings. The summed E-state index contributed by atoms with van der Waals surface area (Å²) in [6.45, 7) is 5.61. The van der Waals surface area contributed by atoms with Crippen molar-refractivity contribution in [2.75, 3.05) is 0 Å². The second kappa shape index (κ2) is 4.38. The second-order valence-electron chi connectivity index (χ2n) is 3.64. The van der Waals surface area contributed by atoms with Crippen molar-refractivity contribution in [3.8, 4) is 0 Å². The number of benzene rings is 1. The maximum atomic E-state index is 11.2. The third-order valence-electron chi connectivity index (χ3n) is 2.46. The van der Waals surface area contributed by atoms with Gasteiger partial charge in [0.25, 0.3) is 0 Å². The number of ketones is 1. The zero-order valence-corrected chi connectivity index (χ0v) is 9.00. The van der Waals surface area contributed by atoms with Gasteiger partial charge in [0.15, 0.2) is 5.78 Å². The molecule has 0 amide bonds. The maximum absolute atomic E-state index is 11.2. The molecule has 1 atom stereocenters. The van der Waals surface area contributed by atoms with Gasteiger partial charge in [0.1, 0.15) is 0 Å². The van der Waals surface area contributed by atoms with Crippen LogP contribution in [0.2, 0.25) is 0 Å². The molecular weight excluding hydrogens is 174 g/mol. The van der Waals surface area contributed by atoms with Crippen LogP contribution < -0.4 is 5.73 Å². The zero-order valence-electron chi connectivity index (χ0n) is 9.00. The highest BCUT2D eigenvalue weighted by Gasteiger charge is 2.14. The van der Waals surface area contributed by atoms with E-state index < -0.39 is 6.04 Å². The molecule has 0 bridgehead atoms. The van der Waals surface area contributed by atoms with E-state index >= 15 is 0 Å². The third-order valence-corrected chi connectivity index (χ3v) is 2.46. The number of aryl methyl sites for hydroxylation is 2. The molecule has 0 heterocycles. The molecule has 0 radical (unpaired) electrons. The predicted octanol–water partition coefficient (Wildman–Crippen LogP) is 2.15. The average molecular weight is 191 g/mol. The molecule has 0 saturated heterocycles. The first-order chi connectivity index (χ1) is 6.56. The molecule has 1 unspecified atom stereocenters. The molecule has 2 nitrogen and oxygen atoms in total. The fourth-order valence-electron chi connectivity index (χ4n) is 1.54. The summed E-state index contributed by atoms with van der Waals surface area (Å²) < 4.78 is 0. The van der Waals surface area contributed by atoms with Gasteiger partial charge in [0.05, 0.1) is 6.04 Å². The van der Waals surface area contributed by atoms with Crippen LogP contribution in [-0.4, -0.2) is 5.78 Å². The molecular formula is C12H17NO. The number of Topliss-reactive ketones (excluding diaryl/α,β-unsaturated/α-hetero) is 1. The summed E-state index contributed by atoms with van der Waals surface area (Å²) in [5.74, 6) is 0.0188. The normalized spacial score (nSPS) is 12.6. The lowest BCUT2D eigenvalue weighted by Crippen LogP contribution is -2.20. The van der Waals surface area contributed by atoms with Gasteiger partial charge in [-0.3, -0.25) is 4.79 Å². The Kier molecular flexibility index (Phi) is 3.42. The quantitative estimate of drug-likeness (QED) is 0.795. The second-order valence-corrected chi connectivity index (χ2v) is 3.64. The third kappa shape index (κ3) is 2.20. The van der Waals surface area contributed by atoms with Gasteiger partial charge in [-0.05, 0) is 31.4 Å². The number of carbonyl (C=O) groups is 1. The van der Waals surface area contributed by atoms with E-state index in [2.05, 4.69) is 13.0 Å². The number of hydrogen-bond acceptors (Lipinski definition) is 2. The maximum Gasteiger partial charge on any atom is 0.150 e. The van der Waals surface area contributed by atoms with Crippen LogP contribution in [0.4, 0.5) is 0 Å². The monoisotopic (exact) mass is 191 g/mol. The first kappa shape index (κ1) is 10.9. The van der Waals surface area contributed by atoms with E-state index in [0.717, 1.165) is 17.5 Å². The van der Waals surface area contributed by atoms with Gasteiger partial charge in [-0.25, -0.2) is 0 Å². The van der Waals surface area contributed by atoms with Crippen molar-refractivity contribution in [2.24, 2.45) is 5.73 Å². The molecule has 2 heteroatoms. The highest BCUT2D eigenvalue weighted by molar-refractivity contribution is 5.83. The minimum absolute atomic E-state index is 0.0188. The summed E-state index contributed by atoms with van der Waals surface area (Å²) in [6.07, 6.45) is 0.913. The summed E-state index contributed by atoms with van der Waals surface area (Å²) in [7, 11) is 0. The molecule has 0 aliphatic heterocycles. The minimum atomic E-state index is -0.468. The molecule has 0 aliphatic carbocycles. The molecule has 0 aromatic heterocycles. The van der Waals surface area contributed by atoms with Crippen LogP contribution in [0.15, 0.2) is 18.2 Å². The molecule has 0 saturated carbocycles. The van der Waals surface area contributed by atoms with Crippen LogP contribution in [0.5, 0.6) is 0 Å². The first-order valence-corrected chi connectivity index (χ1v) is 4.91. The van der Waals surface area contributed by atoms with Crippen LogP contribution >= 0.6 is 0 Å². The summed E-state index contributed by atoms with van der Waals surface area (Å²) in [6, 6.07) is 5.64. The van der Waals surface area contributed by atoms with E-state index in [0.29, 0.717) is 0 Å². The zero-order chi connectivity index (χ0) is 10.7. The number of nitrogens with two attached hydrogens (primary N) is 1. The topological polar surface area (TPSA) is 43.1 Å². The Hall–Kier alpha value is -1.15. The van der Waals surface area contributed by atoms with Gasteiger partial charge in [0.2, 0.25) is 0 Å². The van der Waals surface area contributed by atoms with Gasteiger partial charge in [-0.1, -0.05) is 30.7 Å². The molecule has 0 fully saturated rings. The largest absolute Gasteiger partial charge is 0.318 e. The SMILES string of the molecule is CCc1ccc(C)cc1C(N)C(C)=O. The van der Waals surface area contributed by atoms with Crippen molar-refractivity contribution in [3.05, 3.63) is 34.9 Å². The molecule has 1 rings (SSSR count). The Morgan fingerprint density at radius 3 is 2.64 bits per heavy atom. The van der Waals surface area contributed by atoms with Gasteiger partial charge >= 0.3 is 0 Å². The number of hydrogen-bond donors (Lipinski definition) is 1. The Morgan fingerprint density at radius 1 is 1.50 bits per heavy atom. The van der Waals surface area contributed by atoms with Gasteiger partial charge in [-0.2, -0.15) is 0 Å². The summed E-state index contributed by atoms with van der Waals surface area (Å²) in [5.41, 5.74) is 9.12. The van der Waals surface area contributed by atoms with Gasteiger partial charge in [0, 0.05) is 0 Å². The van der Waals surface area contributed by atoms with E-state index in [1.165, 1.54) is 12.5 Å². The van der Waals surface area contributed by atoms with E-state index in [-0.39, 0.29) is 5.78 Å². The van der Waals surface area contributed by atoms with E-state index in [4.69, 9.17) is 5.73 Å². The van der Waals surface area contributed by atoms with E-state index in [9.17, 15) is 4.79 Å². The van der Waals surface area contributed by atoms with Crippen molar-refractivity contribution in [2.45, 2.75) is 33.2 Å². The highest BCUT2D eigenvalue weighted by Crippen LogP contribution is 2.19. The van der Waals surface area contributed by atoms with Gasteiger partial charge in [-0.15, -0.1) is 0 Å². The smallest absolute Gasteiger partial charge is 0.150 e. The number of carbonyl (C=O) groups excluding carboxylic acids is 1. The summed E-state index contributed by atoms with van der Waals surface area (Å²) in [4.78, 5) is 11.2. The van der Waals surface area contributed by atoms with Crippen molar-refractivity contribution in [1.29, 1.82) is 0 Å². The van der Waals surface area contributed by atoms with Crippen molar-refractivity contribution in [1.82, 2.24) is 0 Å². The molecule has 76 valence electrons. The van der Waals surface area contributed by atoms with Crippen molar-refractivity contribution >= 4 is 5.78 Å². The van der Waals surface area contributed by atoms with Crippen molar-refractivity contribution < 1.29 is 4.79 Å². The Bertz CT molecular complexity index is 344. The molecule has 1 aromatic carbocycles. The van der Waals surface area contributed by atoms with Crippen molar-refractivity contribution in [3.63, 3.8) is 0 Å². The summed E-state index contributed by atoms with van der Waals surface area (Å²) in [5, 5.41) is 0. The van der Waals surface area contributed by atoms with Crippen LogP contribution in [0.3, 0.4) is 0 Å². The Morgan fingerprint density at radius 2 is 2.14 bits per heavy atom. The molecule has 14 heavy (non-hydrogen) atoms. The standard InChI is InChI=1S/C12H17NO/c1-4-10-6-5-8(2)7-11(10)12(13)9(3)14/h5-7,12H,4,13H2,1-3H3. The lowest BCUT2D eigenvalue weighted by atomic mass is 9.95. The molecule has 2 N–H and O–H groups in total. The van der Waals surface area contributed by atoms with Crippen LogP contribution in [0, 0.1) is 6.92 Å². The number of rotatable bonds is 3. The van der Waals surface area contributed by atoms with Gasteiger partial charge < -0.3 is 5.73 Å². The van der Waals surface area contributed by atoms with Crippen LogP contribution in [-0.2, 0) is 11.2 Å². The van der Waals surface area contributed by atoms with E-state index in [1.54, 1.807) is 0 Å². The first-order valence-electron chi connectivity index (χ1n) is 4.91. The highest BCUT2D eigenvalue weighted by atomic mass is 16.1. The van der Waals surface area contributed by atoms with Crippen LogP contribution in [0.1, 0.15) is 36.6 Å². The molecule has 0 spiro atoms. The Labute approximate surface area is 85.1 Å². The lowest BCUT2D eigenvalue weighted by molar-refractivity contribution is -0.118.